The fourth-order valence-electron chi connectivity index (χ4n) is 3.19. The van der Waals surface area contributed by atoms with Crippen molar-refractivity contribution in [1.82, 2.24) is 4.57 Å². The summed E-state index contributed by atoms with van der Waals surface area (Å²) < 4.78 is 12.1. The molecule has 0 aliphatic carbocycles. The minimum atomic E-state index is -0.295. The molecule has 0 fully saturated rings. The van der Waals surface area contributed by atoms with Gasteiger partial charge in [0.05, 0.1) is 25.2 Å². The van der Waals surface area contributed by atoms with Crippen molar-refractivity contribution in [2.75, 3.05) is 13.2 Å². The summed E-state index contributed by atoms with van der Waals surface area (Å²) in [5, 5.41) is 2.06. The van der Waals surface area contributed by atoms with E-state index in [2.05, 4.69) is 0 Å². The van der Waals surface area contributed by atoms with E-state index in [9.17, 15) is 9.59 Å². The molecule has 5 nitrogen and oxygen atoms in total. The summed E-state index contributed by atoms with van der Waals surface area (Å²) in [6.45, 7) is 4.37. The van der Waals surface area contributed by atoms with E-state index >= 15 is 0 Å². The second kappa shape index (κ2) is 7.38. The Morgan fingerprint density at radius 1 is 0.880 bits per heavy atom. The number of ether oxygens (including phenoxy) is 2. The molecule has 1 heterocycles. The molecule has 2 aromatic carbocycles. The number of hydrogen-bond donors (Lipinski definition) is 0. The van der Waals surface area contributed by atoms with Crippen LogP contribution >= 0.6 is 0 Å². The lowest BCUT2D eigenvalue weighted by Gasteiger charge is -2.10. The molecule has 25 heavy (non-hydrogen) atoms. The zero-order chi connectivity index (χ0) is 17.8. The van der Waals surface area contributed by atoms with Gasteiger partial charge >= 0.3 is 11.9 Å². The average molecular weight is 339 g/mol. The molecule has 3 aromatic rings. The Morgan fingerprint density at radius 3 is 2.32 bits per heavy atom. The first-order valence-corrected chi connectivity index (χ1v) is 8.45. The topological polar surface area (TPSA) is 57.5 Å². The molecular weight excluding hydrogens is 318 g/mol. The highest BCUT2D eigenvalue weighted by Crippen LogP contribution is 2.31. The van der Waals surface area contributed by atoms with Crippen molar-refractivity contribution in [3.8, 4) is 0 Å². The summed E-state index contributed by atoms with van der Waals surface area (Å²) in [7, 11) is 0. The van der Waals surface area contributed by atoms with Crippen LogP contribution in [0.1, 0.15) is 19.4 Å². The van der Waals surface area contributed by atoms with Gasteiger partial charge in [-0.25, -0.2) is 0 Å². The number of para-hydroxylation sites is 2. The molecule has 0 saturated carbocycles. The van der Waals surface area contributed by atoms with E-state index in [1.165, 1.54) is 0 Å². The van der Waals surface area contributed by atoms with Gasteiger partial charge < -0.3 is 14.0 Å². The standard InChI is InChI=1S/C20H21NO4/c1-3-24-18(22)12-14-8-7-10-16-15-9-5-6-11-17(15)21(20(14)16)13-19(23)25-4-2/h5-11H,3-4,12-13H2,1-2H3. The number of hydrogen-bond acceptors (Lipinski definition) is 4. The summed E-state index contributed by atoms with van der Waals surface area (Å²) in [4.78, 5) is 24.1. The summed E-state index contributed by atoms with van der Waals surface area (Å²) >= 11 is 0. The lowest BCUT2D eigenvalue weighted by Crippen LogP contribution is -2.14. The van der Waals surface area contributed by atoms with Gasteiger partial charge in [-0.3, -0.25) is 9.59 Å². The van der Waals surface area contributed by atoms with Gasteiger partial charge in [0.2, 0.25) is 0 Å². The molecule has 0 aliphatic heterocycles. The predicted octanol–water partition coefficient (Wildman–Crippen LogP) is 3.46. The first kappa shape index (κ1) is 17.0. The Kier molecular flexibility index (Phi) is 5.03. The molecule has 0 amide bonds. The minimum Gasteiger partial charge on any atom is -0.466 e. The van der Waals surface area contributed by atoms with E-state index in [4.69, 9.17) is 9.47 Å². The molecule has 1 aromatic heterocycles. The molecule has 130 valence electrons. The number of benzene rings is 2. The van der Waals surface area contributed by atoms with Crippen molar-refractivity contribution < 1.29 is 19.1 Å². The summed E-state index contributed by atoms with van der Waals surface area (Å²) in [5.74, 6) is -0.570. The minimum absolute atomic E-state index is 0.109. The van der Waals surface area contributed by atoms with Gasteiger partial charge in [-0.2, -0.15) is 0 Å². The third kappa shape index (κ3) is 3.36. The van der Waals surface area contributed by atoms with Crippen molar-refractivity contribution in [2.24, 2.45) is 0 Å². The highest BCUT2D eigenvalue weighted by atomic mass is 16.5. The fourth-order valence-corrected chi connectivity index (χ4v) is 3.19. The Hall–Kier alpha value is -2.82. The largest absolute Gasteiger partial charge is 0.466 e. The maximum absolute atomic E-state index is 12.1. The number of nitrogens with zero attached hydrogens (tertiary/aromatic N) is 1. The van der Waals surface area contributed by atoms with Crippen molar-refractivity contribution >= 4 is 33.7 Å². The van der Waals surface area contributed by atoms with Gasteiger partial charge in [-0.1, -0.05) is 36.4 Å². The number of carbonyl (C=O) groups excluding carboxylic acids is 2. The van der Waals surface area contributed by atoms with E-state index in [-0.39, 0.29) is 24.9 Å². The SMILES string of the molecule is CCOC(=O)Cc1cccc2c3ccccc3n(CC(=O)OCC)c12. The molecule has 0 atom stereocenters. The van der Waals surface area contributed by atoms with Crippen LogP contribution in [0.4, 0.5) is 0 Å². The Labute approximate surface area is 146 Å². The van der Waals surface area contributed by atoms with E-state index in [0.717, 1.165) is 27.4 Å². The van der Waals surface area contributed by atoms with Crippen LogP contribution in [0.2, 0.25) is 0 Å². The number of rotatable bonds is 6. The molecule has 0 radical (unpaired) electrons. The fraction of sp³-hybridized carbons (Fsp3) is 0.300. The average Bonchev–Trinajstić information content (AvgIpc) is 2.91. The lowest BCUT2D eigenvalue weighted by atomic mass is 10.1. The number of esters is 2. The van der Waals surface area contributed by atoms with Crippen LogP contribution in [0, 0.1) is 0 Å². The number of aromatic nitrogens is 1. The van der Waals surface area contributed by atoms with Crippen LogP contribution in [0.3, 0.4) is 0 Å². The Morgan fingerprint density at radius 2 is 1.56 bits per heavy atom. The second-order valence-electron chi connectivity index (χ2n) is 5.70. The van der Waals surface area contributed by atoms with E-state index < -0.39 is 0 Å². The maximum Gasteiger partial charge on any atom is 0.325 e. The Balaban J connectivity index is 2.18. The smallest absolute Gasteiger partial charge is 0.325 e. The van der Waals surface area contributed by atoms with Crippen LogP contribution in [0.15, 0.2) is 42.5 Å². The first-order valence-electron chi connectivity index (χ1n) is 8.45. The molecule has 0 spiro atoms. The van der Waals surface area contributed by atoms with E-state index in [1.807, 2.05) is 47.0 Å². The van der Waals surface area contributed by atoms with Gasteiger partial charge in [-0.15, -0.1) is 0 Å². The van der Waals surface area contributed by atoms with Crippen LogP contribution in [0.25, 0.3) is 21.8 Å². The Bertz CT molecular complexity index is 926. The van der Waals surface area contributed by atoms with Gasteiger partial charge in [0.1, 0.15) is 6.54 Å². The molecule has 0 unspecified atom stereocenters. The summed E-state index contributed by atoms with van der Waals surface area (Å²) in [6, 6.07) is 13.7. The normalized spacial score (nSPS) is 11.0. The third-order valence-corrected chi connectivity index (χ3v) is 4.11. The van der Waals surface area contributed by atoms with Crippen molar-refractivity contribution in [1.29, 1.82) is 0 Å². The first-order chi connectivity index (χ1) is 12.2. The third-order valence-electron chi connectivity index (χ3n) is 4.11. The molecular formula is C20H21NO4. The second-order valence-corrected chi connectivity index (χ2v) is 5.70. The van der Waals surface area contributed by atoms with Gasteiger partial charge in [0.15, 0.2) is 0 Å². The highest BCUT2D eigenvalue weighted by molar-refractivity contribution is 6.10. The van der Waals surface area contributed by atoms with Gasteiger partial charge in [-0.05, 0) is 25.5 Å². The van der Waals surface area contributed by atoms with Crippen molar-refractivity contribution in [3.63, 3.8) is 0 Å². The van der Waals surface area contributed by atoms with Crippen LogP contribution in [-0.4, -0.2) is 29.7 Å². The lowest BCUT2D eigenvalue weighted by molar-refractivity contribution is -0.144. The molecule has 0 saturated heterocycles. The molecule has 0 bridgehead atoms. The number of carbonyl (C=O) groups is 2. The molecule has 3 rings (SSSR count). The quantitative estimate of drug-likeness (QED) is 0.645. The summed E-state index contributed by atoms with van der Waals surface area (Å²) in [6.07, 6.45) is 0.171. The maximum atomic E-state index is 12.1. The van der Waals surface area contributed by atoms with E-state index in [1.54, 1.807) is 13.8 Å². The molecule has 5 heteroatoms. The van der Waals surface area contributed by atoms with Crippen LogP contribution < -0.4 is 0 Å². The van der Waals surface area contributed by atoms with Crippen LogP contribution in [0.5, 0.6) is 0 Å². The van der Waals surface area contributed by atoms with Gasteiger partial charge in [0, 0.05) is 16.3 Å². The van der Waals surface area contributed by atoms with Crippen LogP contribution in [-0.2, 0) is 32.0 Å². The zero-order valence-corrected chi connectivity index (χ0v) is 14.5. The van der Waals surface area contributed by atoms with E-state index in [0.29, 0.717) is 13.2 Å². The number of fused-ring (bicyclic) bond motifs is 3. The van der Waals surface area contributed by atoms with Gasteiger partial charge in [0.25, 0.3) is 0 Å². The van der Waals surface area contributed by atoms with Crippen molar-refractivity contribution in [2.45, 2.75) is 26.8 Å². The highest BCUT2D eigenvalue weighted by Gasteiger charge is 2.17. The molecule has 0 N–H and O–H groups in total. The zero-order valence-electron chi connectivity index (χ0n) is 14.5. The van der Waals surface area contributed by atoms with Crippen molar-refractivity contribution in [3.05, 3.63) is 48.0 Å². The predicted molar refractivity (Wildman–Crippen MR) is 96.4 cm³/mol. The molecule has 0 aliphatic rings. The monoisotopic (exact) mass is 339 g/mol. The summed E-state index contributed by atoms with van der Waals surface area (Å²) in [5.41, 5.74) is 2.67.